The molecule has 4 heteroatoms. The molecule has 0 aliphatic carbocycles. The predicted molar refractivity (Wildman–Crippen MR) is 50.4 cm³/mol. The standard InChI is InChI=1S/C9H10N2O2/c1-5-2-6(4-10)8(11)3-7(5)9(12)13/h2-4,10H,11H2,1H3,(H,12,13). The Morgan fingerprint density at radius 2 is 2.23 bits per heavy atom. The zero-order chi connectivity index (χ0) is 10.0. The minimum absolute atomic E-state index is 0.183. The van der Waals surface area contributed by atoms with Crippen molar-refractivity contribution < 1.29 is 9.90 Å². The van der Waals surface area contributed by atoms with Gasteiger partial charge in [-0.2, -0.15) is 0 Å². The second-order valence-electron chi connectivity index (χ2n) is 2.75. The number of nitrogen functional groups attached to an aromatic ring is 1. The Labute approximate surface area is 75.5 Å². The Balaban J connectivity index is 3.36. The van der Waals surface area contributed by atoms with Gasteiger partial charge in [-0.05, 0) is 24.6 Å². The molecule has 0 radical (unpaired) electrons. The molecule has 0 bridgehead atoms. The number of rotatable bonds is 2. The first-order valence-electron chi connectivity index (χ1n) is 3.70. The molecule has 0 amide bonds. The van der Waals surface area contributed by atoms with Crippen molar-refractivity contribution in [1.82, 2.24) is 0 Å². The molecule has 0 heterocycles. The molecule has 0 aliphatic heterocycles. The summed E-state index contributed by atoms with van der Waals surface area (Å²) in [7, 11) is 0. The van der Waals surface area contributed by atoms with Crippen LogP contribution in [0.1, 0.15) is 21.5 Å². The lowest BCUT2D eigenvalue weighted by Gasteiger charge is -2.04. The Kier molecular flexibility index (Phi) is 2.32. The van der Waals surface area contributed by atoms with E-state index in [-0.39, 0.29) is 5.56 Å². The molecule has 1 rings (SSSR count). The molecule has 1 aromatic rings. The summed E-state index contributed by atoms with van der Waals surface area (Å²) in [6, 6.07) is 2.96. The van der Waals surface area contributed by atoms with Gasteiger partial charge in [0, 0.05) is 17.5 Å². The Morgan fingerprint density at radius 1 is 1.62 bits per heavy atom. The lowest BCUT2D eigenvalue weighted by Crippen LogP contribution is -2.03. The average Bonchev–Trinajstić information content (AvgIpc) is 2.07. The molecule has 68 valence electrons. The van der Waals surface area contributed by atoms with E-state index in [9.17, 15) is 4.79 Å². The van der Waals surface area contributed by atoms with Crippen LogP contribution in [0.5, 0.6) is 0 Å². The number of carboxylic acids is 1. The van der Waals surface area contributed by atoms with Crippen LogP contribution < -0.4 is 5.73 Å². The topological polar surface area (TPSA) is 87.2 Å². The van der Waals surface area contributed by atoms with Gasteiger partial charge in [0.25, 0.3) is 0 Å². The molecule has 4 nitrogen and oxygen atoms in total. The van der Waals surface area contributed by atoms with Crippen molar-refractivity contribution in [3.05, 3.63) is 28.8 Å². The van der Waals surface area contributed by atoms with E-state index in [1.807, 2.05) is 0 Å². The van der Waals surface area contributed by atoms with Crippen molar-refractivity contribution in [1.29, 1.82) is 5.41 Å². The van der Waals surface area contributed by atoms with Gasteiger partial charge in [-0.15, -0.1) is 0 Å². The van der Waals surface area contributed by atoms with Gasteiger partial charge in [0.15, 0.2) is 0 Å². The number of nitrogens with two attached hydrogens (primary N) is 1. The Morgan fingerprint density at radius 3 is 2.69 bits per heavy atom. The number of anilines is 1. The van der Waals surface area contributed by atoms with E-state index in [1.54, 1.807) is 13.0 Å². The highest BCUT2D eigenvalue weighted by molar-refractivity contribution is 5.94. The minimum Gasteiger partial charge on any atom is -0.478 e. The number of hydrogen-bond acceptors (Lipinski definition) is 3. The molecular formula is C9H10N2O2. The molecule has 0 aromatic heterocycles. The number of carboxylic acid groups (broad SMARTS) is 1. The molecule has 0 aliphatic rings. The molecule has 0 spiro atoms. The summed E-state index contributed by atoms with van der Waals surface area (Å²) >= 11 is 0. The Bertz CT molecular complexity index is 372. The highest BCUT2D eigenvalue weighted by Gasteiger charge is 2.09. The van der Waals surface area contributed by atoms with Crippen LogP contribution in [0.2, 0.25) is 0 Å². The van der Waals surface area contributed by atoms with Crippen LogP contribution >= 0.6 is 0 Å². The second kappa shape index (κ2) is 3.26. The van der Waals surface area contributed by atoms with Gasteiger partial charge in [-0.3, -0.25) is 0 Å². The van der Waals surface area contributed by atoms with Crippen LogP contribution in [0, 0.1) is 12.3 Å². The molecule has 1 aromatic carbocycles. The van der Waals surface area contributed by atoms with Gasteiger partial charge < -0.3 is 16.2 Å². The number of carbonyl (C=O) groups is 1. The van der Waals surface area contributed by atoms with E-state index in [0.717, 1.165) is 6.21 Å². The van der Waals surface area contributed by atoms with Gasteiger partial charge >= 0.3 is 5.97 Å². The molecular weight excluding hydrogens is 168 g/mol. The van der Waals surface area contributed by atoms with E-state index in [4.69, 9.17) is 16.2 Å². The number of benzene rings is 1. The predicted octanol–water partition coefficient (Wildman–Crippen LogP) is 1.27. The third-order valence-electron chi connectivity index (χ3n) is 1.82. The van der Waals surface area contributed by atoms with Crippen LogP contribution in [0.3, 0.4) is 0 Å². The van der Waals surface area contributed by atoms with Crippen LogP contribution in [-0.2, 0) is 0 Å². The zero-order valence-corrected chi connectivity index (χ0v) is 7.16. The van der Waals surface area contributed by atoms with Gasteiger partial charge in [-0.1, -0.05) is 0 Å². The normalized spacial score (nSPS) is 9.62. The second-order valence-corrected chi connectivity index (χ2v) is 2.75. The first-order chi connectivity index (χ1) is 6.06. The van der Waals surface area contributed by atoms with Gasteiger partial charge in [0.05, 0.1) is 5.56 Å². The lowest BCUT2D eigenvalue weighted by molar-refractivity contribution is 0.0696. The molecule has 4 N–H and O–H groups in total. The van der Waals surface area contributed by atoms with E-state index >= 15 is 0 Å². The zero-order valence-electron chi connectivity index (χ0n) is 7.16. The number of aromatic carboxylic acids is 1. The fourth-order valence-electron chi connectivity index (χ4n) is 1.10. The van der Waals surface area contributed by atoms with Crippen LogP contribution in [0.15, 0.2) is 12.1 Å². The van der Waals surface area contributed by atoms with E-state index in [2.05, 4.69) is 0 Å². The van der Waals surface area contributed by atoms with Crippen LogP contribution in [0.25, 0.3) is 0 Å². The summed E-state index contributed by atoms with van der Waals surface area (Å²) in [6.07, 6.45) is 1.11. The Hall–Kier alpha value is -1.84. The number of hydrogen-bond donors (Lipinski definition) is 3. The molecule has 0 fully saturated rings. The number of aryl methyl sites for hydroxylation is 1. The first-order valence-corrected chi connectivity index (χ1v) is 3.70. The highest BCUT2D eigenvalue weighted by atomic mass is 16.4. The maximum atomic E-state index is 10.7. The minimum atomic E-state index is -0.999. The van der Waals surface area contributed by atoms with Gasteiger partial charge in [0.2, 0.25) is 0 Å². The first kappa shape index (κ1) is 9.25. The van der Waals surface area contributed by atoms with E-state index < -0.39 is 5.97 Å². The summed E-state index contributed by atoms with van der Waals surface area (Å²) in [5, 5.41) is 15.7. The van der Waals surface area contributed by atoms with Gasteiger partial charge in [0.1, 0.15) is 0 Å². The summed E-state index contributed by atoms with van der Waals surface area (Å²) in [4.78, 5) is 10.7. The molecule has 0 saturated heterocycles. The number of nitrogens with one attached hydrogen (secondary N) is 1. The molecule has 0 unspecified atom stereocenters. The van der Waals surface area contributed by atoms with Crippen molar-refractivity contribution in [2.45, 2.75) is 6.92 Å². The summed E-state index contributed by atoms with van der Waals surface area (Å²) in [5.74, 6) is -0.999. The molecule has 0 atom stereocenters. The summed E-state index contributed by atoms with van der Waals surface area (Å²) < 4.78 is 0. The van der Waals surface area contributed by atoms with Crippen LogP contribution in [0.4, 0.5) is 5.69 Å². The van der Waals surface area contributed by atoms with E-state index in [0.29, 0.717) is 16.8 Å². The van der Waals surface area contributed by atoms with Gasteiger partial charge in [-0.25, -0.2) is 4.79 Å². The smallest absolute Gasteiger partial charge is 0.336 e. The highest BCUT2D eigenvalue weighted by Crippen LogP contribution is 2.16. The maximum Gasteiger partial charge on any atom is 0.336 e. The van der Waals surface area contributed by atoms with Crippen LogP contribution in [-0.4, -0.2) is 17.3 Å². The quantitative estimate of drug-likeness (QED) is 0.470. The van der Waals surface area contributed by atoms with Crippen molar-refractivity contribution in [2.75, 3.05) is 5.73 Å². The lowest BCUT2D eigenvalue weighted by atomic mass is 10.0. The van der Waals surface area contributed by atoms with Crippen molar-refractivity contribution in [3.8, 4) is 0 Å². The fraction of sp³-hybridized carbons (Fsp3) is 0.111. The van der Waals surface area contributed by atoms with Crippen molar-refractivity contribution >= 4 is 17.9 Å². The largest absolute Gasteiger partial charge is 0.478 e. The SMILES string of the molecule is Cc1cc(C=N)c(N)cc1C(=O)O. The average molecular weight is 178 g/mol. The summed E-state index contributed by atoms with van der Waals surface area (Å²) in [6.45, 7) is 1.68. The monoisotopic (exact) mass is 178 g/mol. The molecule has 0 saturated carbocycles. The third-order valence-corrected chi connectivity index (χ3v) is 1.82. The molecule has 13 heavy (non-hydrogen) atoms. The third kappa shape index (κ3) is 1.66. The van der Waals surface area contributed by atoms with E-state index in [1.165, 1.54) is 6.07 Å². The van der Waals surface area contributed by atoms with Crippen molar-refractivity contribution in [3.63, 3.8) is 0 Å². The maximum absolute atomic E-state index is 10.7. The van der Waals surface area contributed by atoms with Crippen molar-refractivity contribution in [2.24, 2.45) is 0 Å². The summed E-state index contributed by atoms with van der Waals surface area (Å²) in [5.41, 5.74) is 7.18. The fourth-order valence-corrected chi connectivity index (χ4v) is 1.10.